The number of halogens is 2. The predicted molar refractivity (Wildman–Crippen MR) is 88.9 cm³/mol. The Morgan fingerprint density at radius 2 is 1.88 bits per heavy atom. The van der Waals surface area contributed by atoms with E-state index in [9.17, 15) is 13.6 Å². The summed E-state index contributed by atoms with van der Waals surface area (Å²) in [7, 11) is 1.60. The Balaban J connectivity index is 1.63. The number of rotatable bonds is 4. The molecule has 0 spiro atoms. The molecule has 0 aliphatic carbocycles. The molecule has 7 heteroatoms. The van der Waals surface area contributed by atoms with Crippen LogP contribution in [0.15, 0.2) is 42.5 Å². The van der Waals surface area contributed by atoms with Crippen molar-refractivity contribution >= 4 is 11.7 Å². The number of ether oxygens (including phenoxy) is 2. The van der Waals surface area contributed by atoms with Gasteiger partial charge < -0.3 is 20.1 Å². The number of benzene rings is 2. The lowest BCUT2D eigenvalue weighted by Gasteiger charge is -2.20. The number of methoxy groups -OCH3 is 1. The summed E-state index contributed by atoms with van der Waals surface area (Å²) in [6.45, 7) is 0.865. The number of nitrogens with one attached hydrogen (secondary N) is 2. The second kappa shape index (κ2) is 7.48. The highest BCUT2D eigenvalue weighted by molar-refractivity contribution is 5.89. The van der Waals surface area contributed by atoms with E-state index < -0.39 is 17.7 Å². The first-order chi connectivity index (χ1) is 12.1. The van der Waals surface area contributed by atoms with E-state index in [4.69, 9.17) is 9.47 Å². The number of hydrogen-bond acceptors (Lipinski definition) is 3. The summed E-state index contributed by atoms with van der Waals surface area (Å²) < 4.78 is 36.8. The molecule has 0 radical (unpaired) electrons. The highest BCUT2D eigenvalue weighted by Crippen LogP contribution is 2.27. The number of amides is 2. The van der Waals surface area contributed by atoms with Crippen molar-refractivity contribution in [2.45, 2.75) is 12.0 Å². The Kier molecular flexibility index (Phi) is 5.14. The van der Waals surface area contributed by atoms with Crippen molar-refractivity contribution in [2.75, 3.05) is 25.6 Å². The molecule has 1 aliphatic rings. The molecule has 2 amide bonds. The lowest BCUT2D eigenvalue weighted by Crippen LogP contribution is -2.41. The van der Waals surface area contributed by atoms with Crippen LogP contribution in [0.5, 0.6) is 5.75 Å². The topological polar surface area (TPSA) is 59.6 Å². The van der Waals surface area contributed by atoms with Gasteiger partial charge in [-0.15, -0.1) is 0 Å². The molecule has 2 aromatic carbocycles. The summed E-state index contributed by atoms with van der Waals surface area (Å²) in [5, 5.41) is 5.31. The van der Waals surface area contributed by atoms with Crippen LogP contribution in [0, 0.1) is 11.6 Å². The van der Waals surface area contributed by atoms with E-state index in [-0.39, 0.29) is 17.6 Å². The Labute approximate surface area is 143 Å². The van der Waals surface area contributed by atoms with Gasteiger partial charge in [0.25, 0.3) is 0 Å². The van der Waals surface area contributed by atoms with Crippen molar-refractivity contribution in [3.05, 3.63) is 59.7 Å². The minimum atomic E-state index is -1.02. The fraction of sp³-hybridized carbons (Fsp3) is 0.278. The molecular formula is C18H18F2N2O3. The monoisotopic (exact) mass is 348 g/mol. The van der Waals surface area contributed by atoms with E-state index in [1.807, 2.05) is 24.3 Å². The van der Waals surface area contributed by atoms with Crippen molar-refractivity contribution in [3.63, 3.8) is 0 Å². The zero-order valence-electron chi connectivity index (χ0n) is 13.6. The molecule has 2 atom stereocenters. The molecule has 1 heterocycles. The highest BCUT2D eigenvalue weighted by atomic mass is 19.2. The molecule has 3 rings (SSSR count). The number of carbonyl (C=O) groups is 1. The molecule has 0 unspecified atom stereocenters. The maximum atomic E-state index is 13.2. The fourth-order valence-electron chi connectivity index (χ4n) is 2.79. The first-order valence-electron chi connectivity index (χ1n) is 7.81. The van der Waals surface area contributed by atoms with Gasteiger partial charge in [0.15, 0.2) is 11.6 Å². The van der Waals surface area contributed by atoms with E-state index >= 15 is 0 Å². The van der Waals surface area contributed by atoms with Crippen LogP contribution in [-0.4, -0.2) is 32.4 Å². The van der Waals surface area contributed by atoms with Gasteiger partial charge in [-0.05, 0) is 29.8 Å². The smallest absolute Gasteiger partial charge is 0.319 e. The van der Waals surface area contributed by atoms with Crippen molar-refractivity contribution in [3.8, 4) is 5.75 Å². The van der Waals surface area contributed by atoms with E-state index in [0.29, 0.717) is 13.2 Å². The van der Waals surface area contributed by atoms with Gasteiger partial charge in [0.1, 0.15) is 5.75 Å². The largest absolute Gasteiger partial charge is 0.497 e. The van der Waals surface area contributed by atoms with Crippen LogP contribution in [0.2, 0.25) is 0 Å². The van der Waals surface area contributed by atoms with Crippen LogP contribution in [0.25, 0.3) is 0 Å². The van der Waals surface area contributed by atoms with Gasteiger partial charge >= 0.3 is 6.03 Å². The average molecular weight is 348 g/mol. The molecule has 25 heavy (non-hydrogen) atoms. The van der Waals surface area contributed by atoms with Crippen LogP contribution in [0.1, 0.15) is 11.5 Å². The zero-order chi connectivity index (χ0) is 17.8. The molecule has 0 bridgehead atoms. The second-order valence-corrected chi connectivity index (χ2v) is 5.75. The third-order valence-corrected chi connectivity index (χ3v) is 4.12. The predicted octanol–water partition coefficient (Wildman–Crippen LogP) is 3.28. The van der Waals surface area contributed by atoms with Gasteiger partial charge in [0.05, 0.1) is 26.4 Å². The molecule has 2 aromatic rings. The van der Waals surface area contributed by atoms with Crippen molar-refractivity contribution in [2.24, 2.45) is 0 Å². The number of hydrogen-bond donors (Lipinski definition) is 2. The summed E-state index contributed by atoms with van der Waals surface area (Å²) in [6.07, 6.45) is 0. The standard InChI is InChI=1S/C18H18F2N2O3/c1-24-13-5-2-11(3-6-13)14-9-25-10-17(14)22-18(23)21-12-4-7-15(19)16(20)8-12/h2-8,14,17H,9-10H2,1H3,(H2,21,22,23)/t14-,17-/m1/s1. The molecule has 5 nitrogen and oxygen atoms in total. The number of anilines is 1. The Bertz CT molecular complexity index is 752. The molecule has 0 aromatic heterocycles. The van der Waals surface area contributed by atoms with Crippen LogP contribution < -0.4 is 15.4 Å². The maximum Gasteiger partial charge on any atom is 0.319 e. The van der Waals surface area contributed by atoms with Crippen LogP contribution >= 0.6 is 0 Å². The minimum absolute atomic E-state index is 0.00149. The highest BCUT2D eigenvalue weighted by Gasteiger charge is 2.31. The summed E-state index contributed by atoms with van der Waals surface area (Å²) in [5.41, 5.74) is 1.20. The summed E-state index contributed by atoms with van der Waals surface area (Å²) in [4.78, 5) is 12.1. The zero-order valence-corrected chi connectivity index (χ0v) is 13.6. The summed E-state index contributed by atoms with van der Waals surface area (Å²) in [6, 6.07) is 10.0. The third kappa shape index (κ3) is 4.06. The van der Waals surface area contributed by atoms with E-state index in [2.05, 4.69) is 10.6 Å². The molecule has 132 valence electrons. The summed E-state index contributed by atoms with van der Waals surface area (Å²) in [5.74, 6) is -1.22. The quantitative estimate of drug-likeness (QED) is 0.891. The second-order valence-electron chi connectivity index (χ2n) is 5.75. The van der Waals surface area contributed by atoms with Crippen molar-refractivity contribution in [1.82, 2.24) is 5.32 Å². The normalized spacial score (nSPS) is 19.5. The van der Waals surface area contributed by atoms with Crippen LogP contribution in [0.4, 0.5) is 19.3 Å². The molecule has 1 aliphatic heterocycles. The van der Waals surface area contributed by atoms with E-state index in [1.54, 1.807) is 7.11 Å². The van der Waals surface area contributed by atoms with E-state index in [0.717, 1.165) is 23.4 Å². The summed E-state index contributed by atoms with van der Waals surface area (Å²) >= 11 is 0. The Morgan fingerprint density at radius 3 is 2.56 bits per heavy atom. The molecule has 1 saturated heterocycles. The Hall–Kier alpha value is -2.67. The van der Waals surface area contributed by atoms with Gasteiger partial charge in [-0.25, -0.2) is 13.6 Å². The molecule has 1 fully saturated rings. The van der Waals surface area contributed by atoms with Gasteiger partial charge in [0.2, 0.25) is 0 Å². The van der Waals surface area contributed by atoms with Crippen LogP contribution in [0.3, 0.4) is 0 Å². The van der Waals surface area contributed by atoms with Gasteiger partial charge in [0, 0.05) is 17.7 Å². The average Bonchev–Trinajstić information content (AvgIpc) is 3.06. The number of carbonyl (C=O) groups excluding carboxylic acids is 1. The Morgan fingerprint density at radius 1 is 1.12 bits per heavy atom. The van der Waals surface area contributed by atoms with Gasteiger partial charge in [-0.1, -0.05) is 12.1 Å². The first-order valence-corrected chi connectivity index (χ1v) is 7.81. The van der Waals surface area contributed by atoms with Crippen LogP contribution in [-0.2, 0) is 4.74 Å². The van der Waals surface area contributed by atoms with Crippen molar-refractivity contribution < 1.29 is 23.0 Å². The third-order valence-electron chi connectivity index (χ3n) is 4.12. The maximum absolute atomic E-state index is 13.2. The number of urea groups is 1. The van der Waals surface area contributed by atoms with Crippen molar-refractivity contribution in [1.29, 1.82) is 0 Å². The van der Waals surface area contributed by atoms with Gasteiger partial charge in [-0.2, -0.15) is 0 Å². The molecule has 2 N–H and O–H groups in total. The molecule has 0 saturated carbocycles. The minimum Gasteiger partial charge on any atom is -0.497 e. The fourth-order valence-corrected chi connectivity index (χ4v) is 2.79. The van der Waals surface area contributed by atoms with E-state index in [1.165, 1.54) is 6.07 Å². The lowest BCUT2D eigenvalue weighted by molar-refractivity contribution is 0.187. The van der Waals surface area contributed by atoms with Gasteiger partial charge in [-0.3, -0.25) is 0 Å². The molecular weight excluding hydrogens is 330 g/mol. The first kappa shape index (κ1) is 17.2. The SMILES string of the molecule is COc1ccc([C@H]2COC[C@H]2NC(=O)Nc2ccc(F)c(F)c2)cc1. The lowest BCUT2D eigenvalue weighted by atomic mass is 9.94.